The van der Waals surface area contributed by atoms with Crippen LogP contribution >= 0.6 is 0 Å². The topological polar surface area (TPSA) is 29.3 Å². The van der Waals surface area contributed by atoms with Gasteiger partial charge in [-0.05, 0) is 69.8 Å². The van der Waals surface area contributed by atoms with Gasteiger partial charge < -0.3 is 5.73 Å². The van der Waals surface area contributed by atoms with Gasteiger partial charge in [0.2, 0.25) is 0 Å². The fourth-order valence-electron chi connectivity index (χ4n) is 3.35. The van der Waals surface area contributed by atoms with Crippen LogP contribution in [0.15, 0.2) is 18.2 Å². The molecule has 0 saturated carbocycles. The van der Waals surface area contributed by atoms with E-state index in [4.69, 9.17) is 5.73 Å². The molecule has 0 aromatic heterocycles. The van der Waals surface area contributed by atoms with Gasteiger partial charge in [-0.25, -0.2) is 4.39 Å². The number of likely N-dealkylation sites (tertiary alicyclic amines) is 1. The van der Waals surface area contributed by atoms with Gasteiger partial charge in [0, 0.05) is 12.1 Å². The second-order valence-corrected chi connectivity index (χ2v) is 6.28. The summed E-state index contributed by atoms with van der Waals surface area (Å²) in [7, 11) is 0. The first-order chi connectivity index (χ1) is 9.54. The Bertz CT molecular complexity index is 445. The summed E-state index contributed by atoms with van der Waals surface area (Å²) in [4.78, 5) is 2.49. The molecule has 0 spiro atoms. The predicted molar refractivity (Wildman–Crippen MR) is 82.1 cm³/mol. The van der Waals surface area contributed by atoms with E-state index in [1.165, 1.54) is 12.8 Å². The Labute approximate surface area is 122 Å². The number of halogens is 1. The second-order valence-electron chi connectivity index (χ2n) is 6.28. The monoisotopic (exact) mass is 278 g/mol. The SMILES string of the molecule is Cc1ccc(C2C(CN)CCCCN2C(C)C)cc1F. The van der Waals surface area contributed by atoms with Crippen LogP contribution in [-0.2, 0) is 0 Å². The van der Waals surface area contributed by atoms with Crippen molar-refractivity contribution in [1.82, 2.24) is 4.90 Å². The Morgan fingerprint density at radius 1 is 1.35 bits per heavy atom. The normalized spacial score (nSPS) is 24.9. The summed E-state index contributed by atoms with van der Waals surface area (Å²) in [6.45, 7) is 8.00. The highest BCUT2D eigenvalue weighted by Crippen LogP contribution is 2.36. The van der Waals surface area contributed by atoms with E-state index in [2.05, 4.69) is 24.8 Å². The lowest BCUT2D eigenvalue weighted by Crippen LogP contribution is -2.40. The minimum atomic E-state index is -0.105. The third-order valence-corrected chi connectivity index (χ3v) is 4.55. The molecule has 2 N–H and O–H groups in total. The van der Waals surface area contributed by atoms with Crippen LogP contribution in [0.4, 0.5) is 4.39 Å². The Morgan fingerprint density at radius 3 is 2.70 bits per heavy atom. The van der Waals surface area contributed by atoms with Crippen LogP contribution in [0, 0.1) is 18.7 Å². The fraction of sp³-hybridized carbons (Fsp3) is 0.647. The number of hydrogen-bond donors (Lipinski definition) is 1. The number of nitrogens with zero attached hydrogens (tertiary/aromatic N) is 1. The summed E-state index contributed by atoms with van der Waals surface area (Å²) in [6, 6.07) is 6.38. The molecule has 2 unspecified atom stereocenters. The van der Waals surface area contributed by atoms with Crippen molar-refractivity contribution in [3.05, 3.63) is 35.1 Å². The summed E-state index contributed by atoms with van der Waals surface area (Å²) in [5, 5.41) is 0. The molecule has 1 aliphatic heterocycles. The molecule has 1 aromatic rings. The van der Waals surface area contributed by atoms with Crippen molar-refractivity contribution in [1.29, 1.82) is 0 Å². The van der Waals surface area contributed by atoms with Crippen LogP contribution in [0.5, 0.6) is 0 Å². The molecule has 1 heterocycles. The van der Waals surface area contributed by atoms with E-state index < -0.39 is 0 Å². The molecule has 1 aromatic carbocycles. The third-order valence-electron chi connectivity index (χ3n) is 4.55. The number of hydrogen-bond acceptors (Lipinski definition) is 2. The third kappa shape index (κ3) is 3.21. The van der Waals surface area contributed by atoms with Crippen LogP contribution in [0.2, 0.25) is 0 Å². The minimum absolute atomic E-state index is 0.105. The van der Waals surface area contributed by atoms with Gasteiger partial charge in [-0.3, -0.25) is 4.90 Å². The van der Waals surface area contributed by atoms with Gasteiger partial charge in [0.15, 0.2) is 0 Å². The lowest BCUT2D eigenvalue weighted by atomic mass is 9.88. The maximum atomic E-state index is 13.9. The van der Waals surface area contributed by atoms with E-state index in [1.807, 2.05) is 13.0 Å². The zero-order valence-corrected chi connectivity index (χ0v) is 12.9. The van der Waals surface area contributed by atoms with E-state index in [-0.39, 0.29) is 11.9 Å². The lowest BCUT2D eigenvalue weighted by Gasteiger charge is -2.38. The highest BCUT2D eigenvalue weighted by Gasteiger charge is 2.31. The summed E-state index contributed by atoms with van der Waals surface area (Å²) in [5.74, 6) is 0.313. The first kappa shape index (κ1) is 15.5. The van der Waals surface area contributed by atoms with Crippen molar-refractivity contribution < 1.29 is 4.39 Å². The Morgan fingerprint density at radius 2 is 2.10 bits per heavy atom. The second kappa shape index (κ2) is 6.68. The molecule has 112 valence electrons. The van der Waals surface area contributed by atoms with Crippen molar-refractivity contribution in [3.63, 3.8) is 0 Å². The molecular formula is C17H27FN2. The van der Waals surface area contributed by atoms with Crippen LogP contribution in [0.1, 0.15) is 50.3 Å². The molecular weight excluding hydrogens is 251 g/mol. The predicted octanol–water partition coefficient (Wildman–Crippen LogP) is 3.64. The van der Waals surface area contributed by atoms with E-state index in [0.29, 0.717) is 24.1 Å². The molecule has 0 aliphatic carbocycles. The number of rotatable bonds is 3. The average Bonchev–Trinajstić information content (AvgIpc) is 2.64. The molecule has 20 heavy (non-hydrogen) atoms. The first-order valence-corrected chi connectivity index (χ1v) is 7.76. The molecule has 2 atom stereocenters. The van der Waals surface area contributed by atoms with E-state index >= 15 is 0 Å². The van der Waals surface area contributed by atoms with Crippen LogP contribution < -0.4 is 5.73 Å². The van der Waals surface area contributed by atoms with Crippen molar-refractivity contribution in [2.45, 2.75) is 52.1 Å². The Balaban J connectivity index is 2.40. The highest BCUT2D eigenvalue weighted by atomic mass is 19.1. The van der Waals surface area contributed by atoms with Gasteiger partial charge >= 0.3 is 0 Å². The fourth-order valence-corrected chi connectivity index (χ4v) is 3.35. The summed E-state index contributed by atoms with van der Waals surface area (Å²) >= 11 is 0. The van der Waals surface area contributed by atoms with E-state index in [1.54, 1.807) is 6.07 Å². The summed E-state index contributed by atoms with van der Waals surface area (Å²) < 4.78 is 13.9. The van der Waals surface area contributed by atoms with E-state index in [9.17, 15) is 4.39 Å². The number of benzene rings is 1. The maximum Gasteiger partial charge on any atom is 0.126 e. The van der Waals surface area contributed by atoms with Crippen LogP contribution in [-0.4, -0.2) is 24.0 Å². The molecule has 1 fully saturated rings. The van der Waals surface area contributed by atoms with Gasteiger partial charge in [0.1, 0.15) is 5.82 Å². The largest absolute Gasteiger partial charge is 0.330 e. The van der Waals surface area contributed by atoms with Crippen LogP contribution in [0.3, 0.4) is 0 Å². The smallest absolute Gasteiger partial charge is 0.126 e. The van der Waals surface area contributed by atoms with Crippen LogP contribution in [0.25, 0.3) is 0 Å². The van der Waals surface area contributed by atoms with Crippen molar-refractivity contribution >= 4 is 0 Å². The molecule has 2 rings (SSSR count). The average molecular weight is 278 g/mol. The van der Waals surface area contributed by atoms with Gasteiger partial charge in [0.05, 0.1) is 0 Å². The zero-order valence-electron chi connectivity index (χ0n) is 12.9. The molecule has 0 amide bonds. The number of aryl methyl sites for hydroxylation is 1. The quantitative estimate of drug-likeness (QED) is 0.914. The van der Waals surface area contributed by atoms with Crippen molar-refractivity contribution in [2.75, 3.05) is 13.1 Å². The van der Waals surface area contributed by atoms with Gasteiger partial charge in [0.25, 0.3) is 0 Å². The van der Waals surface area contributed by atoms with Gasteiger partial charge in [-0.1, -0.05) is 18.6 Å². The summed E-state index contributed by atoms with van der Waals surface area (Å²) in [6.07, 6.45) is 3.56. The standard InChI is InChI=1S/C17H27FN2/c1-12(2)20-9-5-4-6-15(11-19)17(20)14-8-7-13(3)16(18)10-14/h7-8,10,12,15,17H,4-6,9,11,19H2,1-3H3. The zero-order chi connectivity index (χ0) is 14.7. The van der Waals surface area contributed by atoms with Crippen molar-refractivity contribution in [2.24, 2.45) is 11.7 Å². The molecule has 1 aliphatic rings. The highest BCUT2D eigenvalue weighted by molar-refractivity contribution is 5.27. The molecule has 1 saturated heterocycles. The molecule has 2 nitrogen and oxygen atoms in total. The molecule has 0 radical (unpaired) electrons. The lowest BCUT2D eigenvalue weighted by molar-refractivity contribution is 0.121. The van der Waals surface area contributed by atoms with E-state index in [0.717, 1.165) is 18.5 Å². The molecule has 0 bridgehead atoms. The first-order valence-electron chi connectivity index (χ1n) is 7.76. The Kier molecular flexibility index (Phi) is 5.17. The molecule has 3 heteroatoms. The Hall–Kier alpha value is -0.930. The van der Waals surface area contributed by atoms with Gasteiger partial charge in [-0.15, -0.1) is 0 Å². The maximum absolute atomic E-state index is 13.9. The minimum Gasteiger partial charge on any atom is -0.330 e. The van der Waals surface area contributed by atoms with Crippen molar-refractivity contribution in [3.8, 4) is 0 Å². The number of nitrogens with two attached hydrogens (primary N) is 1. The van der Waals surface area contributed by atoms with Gasteiger partial charge in [-0.2, -0.15) is 0 Å². The summed E-state index contributed by atoms with van der Waals surface area (Å²) in [5.41, 5.74) is 7.80.